The monoisotopic (exact) mass is 624 g/mol. The van der Waals surface area contributed by atoms with Crippen molar-refractivity contribution >= 4 is 24.7 Å². The molecule has 5 heteroatoms. The summed E-state index contributed by atoms with van der Waals surface area (Å²) in [5.74, 6) is -0.0874. The highest BCUT2D eigenvalue weighted by molar-refractivity contribution is 6.99. The van der Waals surface area contributed by atoms with Crippen molar-refractivity contribution < 1.29 is 18.7 Å². The lowest BCUT2D eigenvalue weighted by atomic mass is 9.87. The largest absolute Gasteiger partial charge is 0.466 e. The third kappa shape index (κ3) is 9.99. The number of benzene rings is 3. The average Bonchev–Trinajstić information content (AvgIpc) is 3.06. The number of carbonyl (C=O) groups excluding carboxylic acids is 1. The van der Waals surface area contributed by atoms with E-state index in [1.807, 2.05) is 24.3 Å². The van der Waals surface area contributed by atoms with E-state index in [4.69, 9.17) is 13.9 Å². The predicted molar refractivity (Wildman–Crippen MR) is 190 cm³/mol. The average molecular weight is 625 g/mol. The van der Waals surface area contributed by atoms with Crippen molar-refractivity contribution in [3.05, 3.63) is 133 Å². The molecule has 0 heterocycles. The molecule has 0 aliphatic heterocycles. The maximum atomic E-state index is 11.5. The zero-order valence-electron chi connectivity index (χ0n) is 28.2. The molecular weight excluding hydrogens is 573 g/mol. The molecule has 45 heavy (non-hydrogen) atoms. The minimum atomic E-state index is -2.66. The highest BCUT2D eigenvalue weighted by Gasteiger charge is 2.50. The molecule has 0 spiro atoms. The lowest BCUT2D eigenvalue weighted by Crippen LogP contribution is -2.66. The van der Waals surface area contributed by atoms with Crippen LogP contribution >= 0.6 is 0 Å². The number of hydrogen-bond donors (Lipinski definition) is 0. The number of esters is 1. The van der Waals surface area contributed by atoms with Crippen LogP contribution in [0.1, 0.15) is 59.9 Å². The van der Waals surface area contributed by atoms with Crippen LogP contribution in [0.2, 0.25) is 5.04 Å². The van der Waals surface area contributed by atoms with E-state index in [1.54, 1.807) is 6.08 Å². The summed E-state index contributed by atoms with van der Waals surface area (Å²) >= 11 is 0. The Morgan fingerprint density at radius 3 is 1.89 bits per heavy atom. The molecule has 0 amide bonds. The first-order valence-corrected chi connectivity index (χ1v) is 18.1. The molecule has 0 N–H and O–H groups in total. The number of ether oxygens (including phenoxy) is 2. The maximum absolute atomic E-state index is 11.5. The lowest BCUT2D eigenvalue weighted by Gasteiger charge is -2.43. The standard InChI is InChI=1S/C40H52O4Si/c1-8-33(31-44-45(40(4,5)6,36-24-15-11-16-25-36)37-26-17-12-18-27-37)29-35(9-2)39(43-30-34-22-13-10-14-23-34)32(3)21-19-20-28-38(41)42-7/h10-29,32,35,39H,8-9,30-31H2,1-7H3/b21-19+,28-20+,33-29+/t32-,35-,39-/m1/s1. The van der Waals surface area contributed by atoms with Gasteiger partial charge < -0.3 is 13.9 Å². The van der Waals surface area contributed by atoms with Gasteiger partial charge in [0.15, 0.2) is 0 Å². The molecule has 3 aromatic rings. The van der Waals surface area contributed by atoms with Crippen molar-refractivity contribution in [2.24, 2.45) is 11.8 Å². The van der Waals surface area contributed by atoms with E-state index in [2.05, 4.69) is 126 Å². The van der Waals surface area contributed by atoms with E-state index in [-0.39, 0.29) is 28.9 Å². The van der Waals surface area contributed by atoms with Crippen molar-refractivity contribution in [2.75, 3.05) is 13.7 Å². The highest BCUT2D eigenvalue weighted by atomic mass is 28.4. The summed E-state index contributed by atoms with van der Waals surface area (Å²) in [6.07, 6.45) is 11.3. The summed E-state index contributed by atoms with van der Waals surface area (Å²) in [4.78, 5) is 11.5. The van der Waals surface area contributed by atoms with Crippen molar-refractivity contribution in [3.8, 4) is 0 Å². The van der Waals surface area contributed by atoms with E-state index in [1.165, 1.54) is 29.1 Å². The summed E-state index contributed by atoms with van der Waals surface area (Å²) in [5, 5.41) is 2.49. The zero-order valence-corrected chi connectivity index (χ0v) is 29.2. The van der Waals surface area contributed by atoms with Crippen LogP contribution in [0.25, 0.3) is 0 Å². The van der Waals surface area contributed by atoms with E-state index in [0.29, 0.717) is 13.2 Å². The van der Waals surface area contributed by atoms with Crippen LogP contribution < -0.4 is 10.4 Å². The molecule has 0 saturated carbocycles. The molecule has 0 radical (unpaired) electrons. The molecule has 3 rings (SSSR count). The van der Waals surface area contributed by atoms with Gasteiger partial charge in [-0.2, -0.15) is 0 Å². The lowest BCUT2D eigenvalue weighted by molar-refractivity contribution is -0.134. The minimum Gasteiger partial charge on any atom is -0.466 e. The summed E-state index contributed by atoms with van der Waals surface area (Å²) in [6.45, 7) is 14.7. The van der Waals surface area contributed by atoms with E-state index in [9.17, 15) is 4.79 Å². The maximum Gasteiger partial charge on any atom is 0.330 e. The molecule has 0 bridgehead atoms. The smallest absolute Gasteiger partial charge is 0.330 e. The predicted octanol–water partition coefficient (Wildman–Crippen LogP) is 8.43. The first-order chi connectivity index (χ1) is 21.7. The van der Waals surface area contributed by atoms with Gasteiger partial charge in [0.1, 0.15) is 0 Å². The van der Waals surface area contributed by atoms with Crippen LogP contribution in [0.4, 0.5) is 0 Å². The van der Waals surface area contributed by atoms with Gasteiger partial charge in [0, 0.05) is 17.9 Å². The third-order valence-corrected chi connectivity index (χ3v) is 13.4. The van der Waals surface area contributed by atoms with Crippen LogP contribution in [0.15, 0.2) is 127 Å². The molecule has 3 aromatic carbocycles. The van der Waals surface area contributed by atoms with Crippen LogP contribution in [0.5, 0.6) is 0 Å². The first-order valence-electron chi connectivity index (χ1n) is 16.2. The van der Waals surface area contributed by atoms with Crippen LogP contribution in [0, 0.1) is 11.8 Å². The number of allylic oxidation sites excluding steroid dienone is 2. The fourth-order valence-electron chi connectivity index (χ4n) is 5.96. The molecule has 3 atom stereocenters. The van der Waals surface area contributed by atoms with E-state index >= 15 is 0 Å². The Kier molecular flexibility index (Phi) is 14.3. The zero-order chi connectivity index (χ0) is 32.7. The van der Waals surface area contributed by atoms with Crippen LogP contribution in [0.3, 0.4) is 0 Å². The second-order valence-electron chi connectivity index (χ2n) is 12.6. The summed E-state index contributed by atoms with van der Waals surface area (Å²) in [6, 6.07) is 31.9. The second kappa shape index (κ2) is 17.8. The fraction of sp³-hybridized carbons (Fsp3) is 0.375. The van der Waals surface area contributed by atoms with Crippen molar-refractivity contribution in [1.29, 1.82) is 0 Å². The highest BCUT2D eigenvalue weighted by Crippen LogP contribution is 2.37. The molecule has 0 unspecified atom stereocenters. The van der Waals surface area contributed by atoms with Gasteiger partial charge in [0.25, 0.3) is 8.32 Å². The SMILES string of the molecule is CC/C(=C\[C@@H](CC)[C@H](OCc1ccccc1)[C@H](C)/C=C/C=C/C(=O)OC)CO[Si](c1ccccc1)(c1ccccc1)C(C)(C)C. The quantitative estimate of drug-likeness (QED) is 0.0528. The molecule has 4 nitrogen and oxygen atoms in total. The Bertz CT molecular complexity index is 1330. The summed E-state index contributed by atoms with van der Waals surface area (Å²) in [5.41, 5.74) is 2.43. The summed E-state index contributed by atoms with van der Waals surface area (Å²) < 4.78 is 18.7. The topological polar surface area (TPSA) is 44.8 Å². The van der Waals surface area contributed by atoms with Gasteiger partial charge in [-0.15, -0.1) is 0 Å². The Morgan fingerprint density at radius 2 is 1.40 bits per heavy atom. The number of hydrogen-bond acceptors (Lipinski definition) is 4. The Hall–Kier alpha value is -3.51. The molecule has 0 aliphatic rings. The normalized spacial score (nSPS) is 14.9. The number of carbonyl (C=O) groups is 1. The molecule has 0 aliphatic carbocycles. The van der Waals surface area contributed by atoms with Gasteiger partial charge >= 0.3 is 5.97 Å². The number of rotatable bonds is 16. The molecular formula is C40H52O4Si. The third-order valence-electron chi connectivity index (χ3n) is 8.45. The Labute approximate surface area is 273 Å². The van der Waals surface area contributed by atoms with Gasteiger partial charge in [0.2, 0.25) is 0 Å². The fourth-order valence-corrected chi connectivity index (χ4v) is 10.5. The van der Waals surface area contributed by atoms with E-state index < -0.39 is 8.32 Å². The van der Waals surface area contributed by atoms with Gasteiger partial charge in [-0.25, -0.2) is 4.79 Å². The van der Waals surface area contributed by atoms with Crippen LogP contribution in [-0.4, -0.2) is 34.1 Å². The molecule has 0 saturated heterocycles. The first kappa shape index (κ1) is 36.0. The van der Waals surface area contributed by atoms with Crippen molar-refractivity contribution in [1.82, 2.24) is 0 Å². The van der Waals surface area contributed by atoms with Crippen LogP contribution in [-0.2, 0) is 25.3 Å². The minimum absolute atomic E-state index is 0.0626. The van der Waals surface area contributed by atoms with Gasteiger partial charge in [0.05, 0.1) is 26.4 Å². The number of methoxy groups -OCH3 is 1. The Balaban J connectivity index is 1.96. The summed E-state index contributed by atoms with van der Waals surface area (Å²) in [7, 11) is -1.28. The second-order valence-corrected chi connectivity index (χ2v) is 16.9. The van der Waals surface area contributed by atoms with Gasteiger partial charge in [-0.1, -0.05) is 157 Å². The molecule has 240 valence electrons. The van der Waals surface area contributed by atoms with E-state index in [0.717, 1.165) is 18.4 Å². The molecule has 0 aromatic heterocycles. The molecule has 0 fully saturated rings. The Morgan fingerprint density at radius 1 is 0.844 bits per heavy atom. The van der Waals surface area contributed by atoms with Gasteiger partial charge in [-0.3, -0.25) is 0 Å². The van der Waals surface area contributed by atoms with Crippen molar-refractivity contribution in [2.45, 2.75) is 72.1 Å². The van der Waals surface area contributed by atoms with Crippen molar-refractivity contribution in [3.63, 3.8) is 0 Å². The van der Waals surface area contributed by atoms with Gasteiger partial charge in [-0.05, 0) is 39.4 Å².